The number of esters is 1. The maximum Gasteiger partial charge on any atom is 0.329 e. The molecule has 8 heteroatoms. The van der Waals surface area contributed by atoms with Crippen molar-refractivity contribution in [2.45, 2.75) is 25.3 Å². The van der Waals surface area contributed by atoms with Gasteiger partial charge < -0.3 is 9.64 Å². The minimum absolute atomic E-state index is 0.0501. The first-order valence-electron chi connectivity index (χ1n) is 6.48. The highest BCUT2D eigenvalue weighted by Crippen LogP contribution is 2.33. The van der Waals surface area contributed by atoms with Gasteiger partial charge in [0.15, 0.2) is 0 Å². The van der Waals surface area contributed by atoms with Gasteiger partial charge in [0.05, 0.1) is 12.0 Å². The van der Waals surface area contributed by atoms with E-state index in [0.717, 1.165) is 12.8 Å². The van der Waals surface area contributed by atoms with Crippen molar-refractivity contribution in [2.75, 3.05) is 18.6 Å². The topological polar surface area (TPSA) is 109 Å². The summed E-state index contributed by atoms with van der Waals surface area (Å²) >= 11 is 0. The average Bonchev–Trinajstić information content (AvgIpc) is 2.53. The van der Waals surface area contributed by atoms with E-state index < -0.39 is 16.9 Å². The van der Waals surface area contributed by atoms with Crippen LogP contribution in [0.4, 0.5) is 11.5 Å². The van der Waals surface area contributed by atoms with Gasteiger partial charge in [0.25, 0.3) is 0 Å². The van der Waals surface area contributed by atoms with Crippen molar-refractivity contribution < 1.29 is 14.5 Å². The third kappa shape index (κ3) is 2.76. The number of pyridine rings is 1. The number of methoxy groups -OCH3 is 1. The number of ether oxygens (including phenoxy) is 1. The third-order valence-corrected chi connectivity index (χ3v) is 3.46. The molecule has 1 saturated heterocycles. The van der Waals surface area contributed by atoms with Gasteiger partial charge in [-0.15, -0.1) is 0 Å². The van der Waals surface area contributed by atoms with Crippen LogP contribution in [0.5, 0.6) is 0 Å². The molecule has 2 rings (SSSR count). The van der Waals surface area contributed by atoms with Crippen LogP contribution in [0.25, 0.3) is 0 Å². The second kappa shape index (κ2) is 6.17. The molecule has 1 aromatic heterocycles. The lowest BCUT2D eigenvalue weighted by Gasteiger charge is -2.34. The molecule has 8 nitrogen and oxygen atoms in total. The van der Waals surface area contributed by atoms with Crippen LogP contribution in [0.2, 0.25) is 0 Å². The van der Waals surface area contributed by atoms with Gasteiger partial charge in [-0.25, -0.2) is 9.78 Å². The zero-order valence-corrected chi connectivity index (χ0v) is 11.5. The molecule has 1 aliphatic heterocycles. The smallest absolute Gasteiger partial charge is 0.329 e. The Kier molecular flexibility index (Phi) is 4.33. The molecule has 1 atom stereocenters. The predicted molar refractivity (Wildman–Crippen MR) is 72.6 cm³/mol. The van der Waals surface area contributed by atoms with Crippen LogP contribution in [0.1, 0.15) is 24.8 Å². The molecule has 21 heavy (non-hydrogen) atoms. The molecule has 1 fully saturated rings. The van der Waals surface area contributed by atoms with Crippen LogP contribution in [-0.2, 0) is 9.53 Å². The molecule has 1 aliphatic rings. The molecule has 0 amide bonds. The summed E-state index contributed by atoms with van der Waals surface area (Å²) in [4.78, 5) is 28.1. The molecule has 110 valence electrons. The Morgan fingerprint density at radius 2 is 2.38 bits per heavy atom. The lowest BCUT2D eigenvalue weighted by atomic mass is 10.0. The van der Waals surface area contributed by atoms with Gasteiger partial charge in [0.1, 0.15) is 17.7 Å². The standard InChI is InChI=1S/C13H14N4O4/c1-21-13(18)10-4-2-3-7-16(10)12-11(17(19)20)9(8-14)5-6-15-12/h5-6,10H,2-4,7H2,1H3. The Morgan fingerprint density at radius 1 is 1.62 bits per heavy atom. The zero-order valence-electron chi connectivity index (χ0n) is 11.5. The Morgan fingerprint density at radius 3 is 3.00 bits per heavy atom. The lowest BCUT2D eigenvalue weighted by Crippen LogP contribution is -2.46. The second-order valence-electron chi connectivity index (χ2n) is 4.63. The molecular formula is C13H14N4O4. The van der Waals surface area contributed by atoms with Crippen LogP contribution < -0.4 is 4.90 Å². The van der Waals surface area contributed by atoms with E-state index in [2.05, 4.69) is 4.98 Å². The highest BCUT2D eigenvalue weighted by atomic mass is 16.6. The van der Waals surface area contributed by atoms with Crippen molar-refractivity contribution in [1.29, 1.82) is 5.26 Å². The van der Waals surface area contributed by atoms with Gasteiger partial charge in [0, 0.05) is 12.7 Å². The minimum Gasteiger partial charge on any atom is -0.467 e. The summed E-state index contributed by atoms with van der Waals surface area (Å²) in [7, 11) is 1.28. The summed E-state index contributed by atoms with van der Waals surface area (Å²) in [6.45, 7) is 0.461. The van der Waals surface area contributed by atoms with Crippen molar-refractivity contribution in [3.63, 3.8) is 0 Å². The fraction of sp³-hybridized carbons (Fsp3) is 0.462. The van der Waals surface area contributed by atoms with Crippen molar-refractivity contribution in [3.05, 3.63) is 27.9 Å². The van der Waals surface area contributed by atoms with Crippen molar-refractivity contribution in [1.82, 2.24) is 4.98 Å². The van der Waals surface area contributed by atoms with E-state index in [1.165, 1.54) is 19.4 Å². The molecule has 0 saturated carbocycles. The molecule has 0 aliphatic carbocycles. The molecular weight excluding hydrogens is 276 g/mol. The zero-order chi connectivity index (χ0) is 15.4. The van der Waals surface area contributed by atoms with Crippen LogP contribution in [-0.4, -0.2) is 35.6 Å². The molecule has 0 bridgehead atoms. The highest BCUT2D eigenvalue weighted by molar-refractivity contribution is 5.81. The number of nitro groups is 1. The molecule has 0 aromatic carbocycles. The third-order valence-electron chi connectivity index (χ3n) is 3.46. The van der Waals surface area contributed by atoms with E-state index in [0.29, 0.717) is 13.0 Å². The van der Waals surface area contributed by atoms with E-state index in [-0.39, 0.29) is 17.1 Å². The van der Waals surface area contributed by atoms with Gasteiger partial charge in [-0.05, 0) is 25.3 Å². The Hall–Kier alpha value is -2.69. The largest absolute Gasteiger partial charge is 0.467 e. The van der Waals surface area contributed by atoms with Gasteiger partial charge >= 0.3 is 11.7 Å². The van der Waals surface area contributed by atoms with E-state index in [1.54, 1.807) is 11.0 Å². The normalized spacial score (nSPS) is 17.9. The Labute approximate surface area is 121 Å². The van der Waals surface area contributed by atoms with Crippen LogP contribution >= 0.6 is 0 Å². The van der Waals surface area contributed by atoms with E-state index in [4.69, 9.17) is 10.00 Å². The van der Waals surface area contributed by atoms with Crippen molar-refractivity contribution in [3.8, 4) is 6.07 Å². The SMILES string of the molecule is COC(=O)C1CCCCN1c1nccc(C#N)c1[N+](=O)[O-]. The number of hydrogen-bond donors (Lipinski definition) is 0. The van der Waals surface area contributed by atoms with Crippen LogP contribution in [0.3, 0.4) is 0 Å². The van der Waals surface area contributed by atoms with E-state index >= 15 is 0 Å². The minimum atomic E-state index is -0.635. The first-order chi connectivity index (χ1) is 10.1. The fourth-order valence-electron chi connectivity index (χ4n) is 2.49. The van der Waals surface area contributed by atoms with Gasteiger partial charge in [-0.1, -0.05) is 0 Å². The quantitative estimate of drug-likeness (QED) is 0.470. The molecule has 2 heterocycles. The van der Waals surface area contributed by atoms with Gasteiger partial charge in [0.2, 0.25) is 5.82 Å². The highest BCUT2D eigenvalue weighted by Gasteiger charge is 2.35. The average molecular weight is 290 g/mol. The summed E-state index contributed by atoms with van der Waals surface area (Å²) in [6.07, 6.45) is 3.51. The maximum atomic E-state index is 11.9. The fourth-order valence-corrected chi connectivity index (χ4v) is 2.49. The Bertz CT molecular complexity index is 611. The predicted octanol–water partition coefficient (Wildman–Crippen LogP) is 1.39. The van der Waals surface area contributed by atoms with Crippen LogP contribution in [0, 0.1) is 21.4 Å². The van der Waals surface area contributed by atoms with Crippen LogP contribution in [0.15, 0.2) is 12.3 Å². The number of carbonyl (C=O) groups excluding carboxylic acids is 1. The van der Waals surface area contributed by atoms with E-state index in [1.807, 2.05) is 0 Å². The van der Waals surface area contributed by atoms with Crippen molar-refractivity contribution >= 4 is 17.5 Å². The lowest BCUT2D eigenvalue weighted by molar-refractivity contribution is -0.384. The van der Waals surface area contributed by atoms with E-state index in [9.17, 15) is 14.9 Å². The number of carbonyl (C=O) groups is 1. The number of anilines is 1. The molecule has 0 spiro atoms. The first-order valence-corrected chi connectivity index (χ1v) is 6.48. The number of nitrogens with zero attached hydrogens (tertiary/aromatic N) is 4. The second-order valence-corrected chi connectivity index (χ2v) is 4.63. The number of rotatable bonds is 3. The summed E-state index contributed by atoms with van der Waals surface area (Å²) in [5.41, 5.74) is -0.435. The molecule has 1 aromatic rings. The van der Waals surface area contributed by atoms with Crippen molar-refractivity contribution in [2.24, 2.45) is 0 Å². The summed E-state index contributed by atoms with van der Waals surface area (Å²) in [5, 5.41) is 20.3. The maximum absolute atomic E-state index is 11.9. The molecule has 1 unspecified atom stereocenters. The Balaban J connectivity index is 2.51. The number of piperidine rings is 1. The summed E-state index contributed by atoms with van der Waals surface area (Å²) in [6, 6.07) is 2.47. The number of hydrogen-bond acceptors (Lipinski definition) is 7. The molecule has 0 N–H and O–H groups in total. The molecule has 0 radical (unpaired) electrons. The summed E-state index contributed by atoms with van der Waals surface area (Å²) < 4.78 is 4.76. The summed E-state index contributed by atoms with van der Waals surface area (Å²) in [5.74, 6) is -0.401. The monoisotopic (exact) mass is 290 g/mol. The number of nitriles is 1. The van der Waals surface area contributed by atoms with Gasteiger partial charge in [-0.3, -0.25) is 10.1 Å². The van der Waals surface area contributed by atoms with Gasteiger partial charge in [-0.2, -0.15) is 5.26 Å². The number of aromatic nitrogens is 1. The first kappa shape index (κ1) is 14.7.